The first-order valence-electron chi connectivity index (χ1n) is 21.1. The zero-order chi connectivity index (χ0) is 41.4. The van der Waals surface area contributed by atoms with Crippen LogP contribution >= 0.6 is 0 Å². The third kappa shape index (κ3) is 8.79. The highest BCUT2D eigenvalue weighted by molar-refractivity contribution is 5.82. The van der Waals surface area contributed by atoms with E-state index in [-0.39, 0.29) is 6.61 Å². The summed E-state index contributed by atoms with van der Waals surface area (Å²) in [6, 6.07) is 82.2. The molecule has 61 heavy (non-hydrogen) atoms. The van der Waals surface area contributed by atoms with E-state index in [2.05, 4.69) is 229 Å². The summed E-state index contributed by atoms with van der Waals surface area (Å²) < 4.78 is 0. The normalized spacial score (nSPS) is 11.0. The van der Waals surface area contributed by atoms with E-state index >= 15 is 0 Å². The van der Waals surface area contributed by atoms with Crippen LogP contribution in [-0.4, -0.2) is 5.11 Å². The molecule has 9 rings (SSSR count). The van der Waals surface area contributed by atoms with Crippen LogP contribution in [0.25, 0.3) is 44.5 Å². The maximum Gasteiger partial charge on any atom is 0.0681 e. The Hall–Kier alpha value is -7.46. The monoisotopic (exact) mass is 788 g/mol. The number of hydrogen-bond acceptors (Lipinski definition) is 3. The summed E-state index contributed by atoms with van der Waals surface area (Å²) in [7, 11) is 0. The molecule has 0 amide bonds. The van der Waals surface area contributed by atoms with Gasteiger partial charge < -0.3 is 14.9 Å². The molecular formula is C58H48N2O. The van der Waals surface area contributed by atoms with Crippen LogP contribution in [0.2, 0.25) is 0 Å². The zero-order valence-corrected chi connectivity index (χ0v) is 34.4. The van der Waals surface area contributed by atoms with Crippen molar-refractivity contribution in [2.24, 2.45) is 0 Å². The highest BCUT2D eigenvalue weighted by Crippen LogP contribution is 2.39. The lowest BCUT2D eigenvalue weighted by molar-refractivity contribution is 0.282. The molecule has 1 N–H and O–H groups in total. The van der Waals surface area contributed by atoms with Crippen molar-refractivity contribution in [3.8, 4) is 44.5 Å². The molecule has 0 aliphatic heterocycles. The predicted octanol–water partition coefficient (Wildman–Crippen LogP) is 15.7. The lowest BCUT2D eigenvalue weighted by Gasteiger charge is -2.26. The van der Waals surface area contributed by atoms with Crippen LogP contribution in [0.3, 0.4) is 0 Å². The average Bonchev–Trinajstić information content (AvgIpc) is 3.34. The van der Waals surface area contributed by atoms with Gasteiger partial charge in [-0.05, 0) is 135 Å². The van der Waals surface area contributed by atoms with E-state index in [0.29, 0.717) is 0 Å². The fourth-order valence-electron chi connectivity index (χ4n) is 8.07. The van der Waals surface area contributed by atoms with Crippen molar-refractivity contribution >= 4 is 34.1 Å². The number of aliphatic hydroxyl groups excluding tert-OH is 1. The van der Waals surface area contributed by atoms with Gasteiger partial charge in [0.1, 0.15) is 0 Å². The molecule has 0 spiro atoms. The zero-order valence-electron chi connectivity index (χ0n) is 34.4. The minimum absolute atomic E-state index is 0.0163. The first kappa shape index (κ1) is 39.0. The molecule has 0 aliphatic rings. The minimum atomic E-state index is 0.0163. The van der Waals surface area contributed by atoms with Crippen LogP contribution in [0, 0.1) is 0 Å². The largest absolute Gasteiger partial charge is 0.392 e. The van der Waals surface area contributed by atoms with Gasteiger partial charge in [-0.3, -0.25) is 0 Å². The minimum Gasteiger partial charge on any atom is -0.392 e. The standard InChI is InChI=1S/C58H48N2O/c1-2-9-43-14-30-53(31-15-43)59(55-34-22-49(23-35-55)45-10-5-3-6-11-45)57-38-26-51(27-39-57)47-18-20-48(21-19-47)52-28-40-58(41-29-52)60(54-32-16-44(42-61)17-33-54)56-36-24-50(25-37-56)46-12-7-4-8-13-46/h3-8,10-41,61H,2,9,42H2,1H3. The molecular weight excluding hydrogens is 741 g/mol. The number of aryl methyl sites for hydroxylation is 1. The Morgan fingerprint density at radius 1 is 0.279 bits per heavy atom. The molecule has 3 nitrogen and oxygen atoms in total. The number of rotatable bonds is 13. The van der Waals surface area contributed by atoms with E-state index in [0.717, 1.165) is 63.7 Å². The molecule has 0 atom stereocenters. The second-order valence-corrected chi connectivity index (χ2v) is 15.4. The summed E-state index contributed by atoms with van der Waals surface area (Å²) in [4.78, 5) is 4.60. The quantitative estimate of drug-likeness (QED) is 0.126. The Kier molecular flexibility index (Phi) is 11.7. The average molecular weight is 789 g/mol. The molecule has 0 heterocycles. The van der Waals surface area contributed by atoms with Gasteiger partial charge in [-0.15, -0.1) is 0 Å². The lowest BCUT2D eigenvalue weighted by atomic mass is 9.99. The van der Waals surface area contributed by atoms with Gasteiger partial charge in [-0.2, -0.15) is 0 Å². The molecule has 9 aromatic rings. The number of hydrogen-bond donors (Lipinski definition) is 1. The molecule has 0 saturated heterocycles. The Bertz CT molecular complexity index is 2760. The van der Waals surface area contributed by atoms with Crippen molar-refractivity contribution < 1.29 is 5.11 Å². The number of benzene rings is 9. The summed E-state index contributed by atoms with van der Waals surface area (Å²) in [5.74, 6) is 0. The Balaban J connectivity index is 0.957. The fraction of sp³-hybridized carbons (Fsp3) is 0.0690. The van der Waals surface area contributed by atoms with E-state index in [1.807, 2.05) is 18.2 Å². The molecule has 296 valence electrons. The van der Waals surface area contributed by atoms with Crippen molar-refractivity contribution in [1.29, 1.82) is 0 Å². The predicted molar refractivity (Wildman–Crippen MR) is 257 cm³/mol. The van der Waals surface area contributed by atoms with Crippen molar-refractivity contribution in [3.63, 3.8) is 0 Å². The van der Waals surface area contributed by atoms with Gasteiger partial charge in [0.05, 0.1) is 6.61 Å². The Morgan fingerprint density at radius 3 is 0.770 bits per heavy atom. The van der Waals surface area contributed by atoms with Crippen LogP contribution in [0.5, 0.6) is 0 Å². The summed E-state index contributed by atoms with van der Waals surface area (Å²) in [5.41, 5.74) is 18.2. The van der Waals surface area contributed by atoms with Crippen LogP contribution in [0.1, 0.15) is 24.5 Å². The van der Waals surface area contributed by atoms with Crippen molar-refractivity contribution in [2.45, 2.75) is 26.4 Å². The maximum atomic E-state index is 9.71. The van der Waals surface area contributed by atoms with Gasteiger partial charge in [0.25, 0.3) is 0 Å². The first-order valence-corrected chi connectivity index (χ1v) is 21.1. The molecule has 9 aromatic carbocycles. The van der Waals surface area contributed by atoms with E-state index in [1.54, 1.807) is 0 Å². The van der Waals surface area contributed by atoms with Crippen LogP contribution in [-0.2, 0) is 13.0 Å². The van der Waals surface area contributed by atoms with Crippen molar-refractivity contribution in [1.82, 2.24) is 0 Å². The lowest BCUT2D eigenvalue weighted by Crippen LogP contribution is -2.10. The van der Waals surface area contributed by atoms with Crippen LogP contribution in [0.15, 0.2) is 231 Å². The summed E-state index contributed by atoms with van der Waals surface area (Å²) in [5, 5.41) is 9.71. The SMILES string of the molecule is CCCc1ccc(N(c2ccc(-c3ccccc3)cc2)c2ccc(-c3ccc(-c4ccc(N(c5ccc(CO)cc5)c5ccc(-c6ccccc6)cc5)cc4)cc3)cc2)cc1. The maximum absolute atomic E-state index is 9.71. The second kappa shape index (κ2) is 18.2. The summed E-state index contributed by atoms with van der Waals surface area (Å²) in [6.45, 7) is 2.24. The smallest absolute Gasteiger partial charge is 0.0681 e. The third-order valence-electron chi connectivity index (χ3n) is 11.4. The van der Waals surface area contributed by atoms with Crippen LogP contribution < -0.4 is 9.80 Å². The molecule has 0 saturated carbocycles. The van der Waals surface area contributed by atoms with Crippen molar-refractivity contribution in [2.75, 3.05) is 9.80 Å². The van der Waals surface area contributed by atoms with E-state index in [1.165, 1.54) is 38.9 Å². The molecule has 0 aromatic heterocycles. The molecule has 0 aliphatic carbocycles. The summed E-state index contributed by atoms with van der Waals surface area (Å²) >= 11 is 0. The van der Waals surface area contributed by atoms with Gasteiger partial charge in [-0.25, -0.2) is 0 Å². The van der Waals surface area contributed by atoms with Crippen LogP contribution in [0.4, 0.5) is 34.1 Å². The second-order valence-electron chi connectivity index (χ2n) is 15.4. The van der Waals surface area contributed by atoms with Gasteiger partial charge in [0.15, 0.2) is 0 Å². The van der Waals surface area contributed by atoms with Gasteiger partial charge >= 0.3 is 0 Å². The molecule has 3 heteroatoms. The van der Waals surface area contributed by atoms with E-state index in [4.69, 9.17) is 0 Å². The van der Waals surface area contributed by atoms with E-state index < -0.39 is 0 Å². The Morgan fingerprint density at radius 2 is 0.508 bits per heavy atom. The van der Waals surface area contributed by atoms with Gasteiger partial charge in [0.2, 0.25) is 0 Å². The summed E-state index contributed by atoms with van der Waals surface area (Å²) in [6.07, 6.45) is 2.21. The fourth-order valence-corrected chi connectivity index (χ4v) is 8.07. The molecule has 0 unspecified atom stereocenters. The third-order valence-corrected chi connectivity index (χ3v) is 11.4. The van der Waals surface area contributed by atoms with Gasteiger partial charge in [-0.1, -0.05) is 171 Å². The number of anilines is 6. The molecule has 0 radical (unpaired) electrons. The number of nitrogens with zero attached hydrogens (tertiary/aromatic N) is 2. The highest BCUT2D eigenvalue weighted by atomic mass is 16.3. The molecule has 0 bridgehead atoms. The van der Waals surface area contributed by atoms with E-state index in [9.17, 15) is 5.11 Å². The highest BCUT2D eigenvalue weighted by Gasteiger charge is 2.16. The number of aliphatic hydroxyl groups is 1. The van der Waals surface area contributed by atoms with Gasteiger partial charge in [0, 0.05) is 34.1 Å². The topological polar surface area (TPSA) is 26.7 Å². The molecule has 0 fully saturated rings. The Labute approximate surface area is 360 Å². The first-order chi connectivity index (χ1) is 30.1. The van der Waals surface area contributed by atoms with Crippen molar-refractivity contribution in [3.05, 3.63) is 242 Å².